The number of allylic oxidation sites excluding steroid dienone is 1. The van der Waals surface area contributed by atoms with Crippen LogP contribution in [0.1, 0.15) is 15.9 Å². The van der Waals surface area contributed by atoms with Crippen LogP contribution in [0.15, 0.2) is 42.5 Å². The summed E-state index contributed by atoms with van der Waals surface area (Å²) in [4.78, 5) is 13.2. The Hall–Kier alpha value is -3.35. The van der Waals surface area contributed by atoms with Gasteiger partial charge in [0.2, 0.25) is 12.6 Å². The van der Waals surface area contributed by atoms with Crippen LogP contribution < -0.4 is 9.47 Å². The van der Waals surface area contributed by atoms with Gasteiger partial charge in [-0.3, -0.25) is 4.79 Å². The fourth-order valence-corrected chi connectivity index (χ4v) is 4.41. The molecule has 0 saturated carbocycles. The van der Waals surface area contributed by atoms with Gasteiger partial charge in [-0.1, -0.05) is 18.2 Å². The van der Waals surface area contributed by atoms with Crippen molar-refractivity contribution in [3.63, 3.8) is 0 Å². The number of carbonyl (C=O) groups is 1. The molecule has 0 amide bonds. The molecule has 0 radical (unpaired) electrons. The minimum absolute atomic E-state index is 0.00123. The van der Waals surface area contributed by atoms with Gasteiger partial charge >= 0.3 is 0 Å². The summed E-state index contributed by atoms with van der Waals surface area (Å²) in [6, 6.07) is 7.79. The van der Waals surface area contributed by atoms with Crippen molar-refractivity contribution in [1.29, 1.82) is 0 Å². The normalized spacial score (nSPS) is 33.4. The molecule has 0 spiro atoms. The summed E-state index contributed by atoms with van der Waals surface area (Å²) >= 11 is 0. The van der Waals surface area contributed by atoms with Gasteiger partial charge in [-0.15, -0.1) is 0 Å². The lowest BCUT2D eigenvalue weighted by atomic mass is 9.99. The summed E-state index contributed by atoms with van der Waals surface area (Å²) in [7, 11) is 0. The molecule has 4 rings (SSSR count). The van der Waals surface area contributed by atoms with Crippen LogP contribution in [0.2, 0.25) is 0 Å². The van der Waals surface area contributed by atoms with Crippen molar-refractivity contribution in [3.8, 4) is 23.0 Å². The van der Waals surface area contributed by atoms with Gasteiger partial charge in [0.05, 0.1) is 13.2 Å². The standard InChI is InChI=1S/C27H32O15/c28-9-17-20(33)22(35)24(37)26(41-17)39-13-7-15(32)19(14(31)6-3-11-1-4-12(30)5-2-11)16(8-13)40-27-25(38)23(36)21(34)18(10-29)42-27/h1-8,17-18,20-30,32-38H,9-10H2/b6-3+/t17?,18?,20-,21-,22+,23+,24?,25?,26-,27-/m1/s1. The zero-order chi connectivity index (χ0) is 30.7. The maximum absolute atomic E-state index is 13.2. The third-order valence-corrected chi connectivity index (χ3v) is 6.81. The summed E-state index contributed by atoms with van der Waals surface area (Å²) in [6.07, 6.45) is -14.3. The van der Waals surface area contributed by atoms with Crippen LogP contribution in [0.25, 0.3) is 6.08 Å². The van der Waals surface area contributed by atoms with E-state index in [0.717, 1.165) is 18.2 Å². The first-order valence-corrected chi connectivity index (χ1v) is 12.8. The quantitative estimate of drug-likeness (QED) is 0.105. The average Bonchev–Trinajstić information content (AvgIpc) is 2.97. The van der Waals surface area contributed by atoms with E-state index in [9.17, 15) is 55.9 Å². The minimum atomic E-state index is -1.88. The van der Waals surface area contributed by atoms with Gasteiger partial charge in [0, 0.05) is 12.1 Å². The van der Waals surface area contributed by atoms with Crippen molar-refractivity contribution < 1.29 is 74.8 Å². The topological polar surface area (TPSA) is 256 Å². The highest BCUT2D eigenvalue weighted by Gasteiger charge is 2.46. The van der Waals surface area contributed by atoms with Gasteiger partial charge in [-0.25, -0.2) is 0 Å². The SMILES string of the molecule is O=C(/C=C/c1ccc(O)cc1)c1c(O)cc(O[C@@H]2OC(CO)[C@@H](O)[C@H](O)C2O)cc1O[C@@H]1OC(CO)[C@@H](O)[C@H](O)C1O. The molecule has 2 aliphatic rings. The molecule has 2 heterocycles. The van der Waals surface area contributed by atoms with Crippen molar-refractivity contribution in [2.24, 2.45) is 0 Å². The van der Waals surface area contributed by atoms with Crippen LogP contribution in [-0.2, 0) is 9.47 Å². The lowest BCUT2D eigenvalue weighted by Gasteiger charge is -2.40. The molecule has 230 valence electrons. The average molecular weight is 597 g/mol. The summed E-state index contributed by atoms with van der Waals surface area (Å²) < 4.78 is 21.8. The highest BCUT2D eigenvalue weighted by molar-refractivity contribution is 6.10. The van der Waals surface area contributed by atoms with Crippen LogP contribution in [0, 0.1) is 0 Å². The fraction of sp³-hybridized carbons (Fsp3) is 0.444. The van der Waals surface area contributed by atoms with Gasteiger partial charge < -0.3 is 70.0 Å². The van der Waals surface area contributed by atoms with Crippen molar-refractivity contribution in [3.05, 3.63) is 53.6 Å². The van der Waals surface area contributed by atoms with Crippen LogP contribution in [-0.4, -0.2) is 131 Å². The summed E-state index contributed by atoms with van der Waals surface area (Å²) in [6.45, 7) is -1.50. The number of rotatable bonds is 9. The number of aliphatic hydroxyl groups is 8. The van der Waals surface area contributed by atoms with Gasteiger partial charge in [0.25, 0.3) is 0 Å². The fourth-order valence-electron chi connectivity index (χ4n) is 4.41. The Morgan fingerprint density at radius 2 is 1.26 bits per heavy atom. The summed E-state index contributed by atoms with van der Waals surface area (Å²) in [5.41, 5.74) is 0.0442. The molecule has 0 aliphatic carbocycles. The molecule has 2 saturated heterocycles. The van der Waals surface area contributed by atoms with Gasteiger partial charge in [0.15, 0.2) is 5.78 Å². The number of phenols is 2. The van der Waals surface area contributed by atoms with Crippen molar-refractivity contribution in [1.82, 2.24) is 0 Å². The first kappa shape index (κ1) is 31.6. The second kappa shape index (κ2) is 13.3. The van der Waals surface area contributed by atoms with E-state index in [4.69, 9.17) is 18.9 Å². The number of aromatic hydroxyl groups is 2. The number of phenolic OH excluding ortho intramolecular Hbond substituents is 2. The molecule has 15 heteroatoms. The van der Waals surface area contributed by atoms with Crippen LogP contribution >= 0.6 is 0 Å². The highest BCUT2D eigenvalue weighted by atomic mass is 16.7. The van der Waals surface area contributed by atoms with E-state index in [2.05, 4.69) is 0 Å². The van der Waals surface area contributed by atoms with Gasteiger partial charge in [-0.05, 0) is 23.8 Å². The Morgan fingerprint density at radius 3 is 1.79 bits per heavy atom. The molecule has 10 N–H and O–H groups in total. The first-order chi connectivity index (χ1) is 19.9. The second-order valence-electron chi connectivity index (χ2n) is 9.73. The number of aliphatic hydroxyl groups excluding tert-OH is 8. The number of hydrogen-bond donors (Lipinski definition) is 10. The number of ether oxygens (including phenoxy) is 4. The van der Waals surface area contributed by atoms with E-state index >= 15 is 0 Å². The lowest BCUT2D eigenvalue weighted by molar-refractivity contribution is -0.278. The third kappa shape index (κ3) is 6.66. The Morgan fingerprint density at radius 1 is 0.738 bits per heavy atom. The Labute approximate surface area is 238 Å². The second-order valence-corrected chi connectivity index (χ2v) is 9.73. The van der Waals surface area contributed by atoms with Gasteiger partial charge in [0.1, 0.15) is 77.4 Å². The monoisotopic (exact) mass is 596 g/mol. The molecular weight excluding hydrogens is 564 g/mol. The van der Waals surface area contributed by atoms with E-state index in [1.807, 2.05) is 0 Å². The van der Waals surface area contributed by atoms with E-state index in [-0.39, 0.29) is 11.5 Å². The van der Waals surface area contributed by atoms with Gasteiger partial charge in [-0.2, -0.15) is 0 Å². The van der Waals surface area contributed by atoms with Crippen LogP contribution in [0.3, 0.4) is 0 Å². The van der Waals surface area contributed by atoms with Crippen molar-refractivity contribution >= 4 is 11.9 Å². The molecule has 2 aromatic rings. The lowest BCUT2D eigenvalue weighted by Crippen LogP contribution is -2.60. The smallest absolute Gasteiger partial charge is 0.229 e. The molecule has 2 aliphatic heterocycles. The molecule has 10 atom stereocenters. The van der Waals surface area contributed by atoms with E-state index in [0.29, 0.717) is 5.56 Å². The molecule has 2 fully saturated rings. The number of carbonyl (C=O) groups excluding carboxylic acids is 1. The number of hydrogen-bond acceptors (Lipinski definition) is 15. The van der Waals surface area contributed by atoms with E-state index in [1.165, 1.54) is 30.3 Å². The molecule has 15 nitrogen and oxygen atoms in total. The third-order valence-electron chi connectivity index (χ3n) is 6.81. The largest absolute Gasteiger partial charge is 0.508 e. The van der Waals surface area contributed by atoms with E-state index < -0.39 is 97.5 Å². The Bertz CT molecular complexity index is 1250. The molecule has 42 heavy (non-hydrogen) atoms. The van der Waals surface area contributed by atoms with Crippen molar-refractivity contribution in [2.75, 3.05) is 13.2 Å². The minimum Gasteiger partial charge on any atom is -0.508 e. The van der Waals surface area contributed by atoms with E-state index in [1.54, 1.807) is 0 Å². The summed E-state index contributed by atoms with van der Waals surface area (Å²) in [5, 5.41) is 100. The Balaban J connectivity index is 1.68. The predicted octanol–water partition coefficient (Wildman–Crippen LogP) is -2.65. The zero-order valence-electron chi connectivity index (χ0n) is 21.8. The highest BCUT2D eigenvalue weighted by Crippen LogP contribution is 2.37. The number of benzene rings is 2. The molecule has 0 aromatic heterocycles. The maximum Gasteiger partial charge on any atom is 0.229 e. The first-order valence-electron chi connectivity index (χ1n) is 12.8. The molecule has 4 unspecified atom stereocenters. The van der Waals surface area contributed by atoms with Crippen LogP contribution in [0.4, 0.5) is 0 Å². The predicted molar refractivity (Wildman–Crippen MR) is 138 cm³/mol. The van der Waals surface area contributed by atoms with Crippen LogP contribution in [0.5, 0.6) is 23.0 Å². The Kier molecular flexibility index (Phi) is 10.0. The zero-order valence-corrected chi connectivity index (χ0v) is 21.8. The maximum atomic E-state index is 13.2. The molecule has 2 aromatic carbocycles. The molecular formula is C27H32O15. The number of ketones is 1. The summed E-state index contributed by atoms with van der Waals surface area (Å²) in [5.74, 6) is -2.33. The molecule has 0 bridgehead atoms. The van der Waals surface area contributed by atoms with Crippen molar-refractivity contribution in [2.45, 2.75) is 61.4 Å².